The molecular weight excluding hydrogens is 673 g/mol. The Morgan fingerprint density at radius 2 is 1.63 bits per heavy atom. The molecule has 0 aliphatic carbocycles. The Hall–Kier alpha value is -4.44. The largest absolute Gasteiger partial charge is 0.412 e. The first-order chi connectivity index (χ1) is 23.1. The fourth-order valence-electron chi connectivity index (χ4n) is 6.10. The number of aromatic nitrogens is 2. The number of quaternary nitrogens is 1. The second-order valence-corrected chi connectivity index (χ2v) is 13.7. The lowest BCUT2D eigenvalue weighted by molar-refractivity contribution is -0.255. The zero-order valence-corrected chi connectivity index (χ0v) is 30.7. The fourth-order valence-corrected chi connectivity index (χ4v) is 7.17. The molecule has 0 fully saturated rings. The van der Waals surface area contributed by atoms with Crippen LogP contribution in [0.4, 0.5) is 11.4 Å². The molecule has 1 aromatic heterocycles. The molecular formula is C37H53N6O7S+. The van der Waals surface area contributed by atoms with E-state index in [1.54, 1.807) is 39.9 Å². The van der Waals surface area contributed by atoms with Gasteiger partial charge in [-0.3, -0.25) is 9.59 Å². The molecule has 14 heteroatoms. The van der Waals surface area contributed by atoms with Crippen molar-refractivity contribution < 1.29 is 41.1 Å². The quantitative estimate of drug-likeness (QED) is 0.188. The number of nitrogens with zero attached hydrogens (tertiary/aromatic N) is 4. The van der Waals surface area contributed by atoms with E-state index in [4.69, 9.17) is 5.10 Å². The molecule has 4 aromatic rings. The summed E-state index contributed by atoms with van der Waals surface area (Å²) in [5.74, 6) is -0.421. The molecule has 1 aliphatic rings. The van der Waals surface area contributed by atoms with Gasteiger partial charge in [0, 0.05) is 37.1 Å². The van der Waals surface area contributed by atoms with Gasteiger partial charge in [-0.2, -0.15) is 5.10 Å². The number of amides is 2. The molecule has 11 N–H and O–H groups in total. The summed E-state index contributed by atoms with van der Waals surface area (Å²) in [4.78, 5) is 32.4. The van der Waals surface area contributed by atoms with Crippen molar-refractivity contribution in [3.8, 4) is 5.69 Å². The predicted octanol–water partition coefficient (Wildman–Crippen LogP) is 2.62. The van der Waals surface area contributed by atoms with Crippen LogP contribution in [0.3, 0.4) is 0 Å². The van der Waals surface area contributed by atoms with Crippen LogP contribution in [-0.4, -0.2) is 82.9 Å². The number of rotatable bonds is 13. The van der Waals surface area contributed by atoms with Crippen LogP contribution in [0.1, 0.15) is 82.8 Å². The van der Waals surface area contributed by atoms with Crippen LogP contribution in [0.5, 0.6) is 0 Å². The smallest absolute Gasteiger partial charge is 0.274 e. The summed E-state index contributed by atoms with van der Waals surface area (Å²) in [6, 6.07) is 20.0. The van der Waals surface area contributed by atoms with Gasteiger partial charge in [0.2, 0.25) is 0 Å². The lowest BCUT2D eigenvalue weighted by Crippen LogP contribution is -2.46. The maximum absolute atomic E-state index is 14.6. The highest BCUT2D eigenvalue weighted by Gasteiger charge is 2.32. The van der Waals surface area contributed by atoms with E-state index in [2.05, 4.69) is 24.3 Å². The maximum atomic E-state index is 14.6. The third-order valence-corrected chi connectivity index (χ3v) is 10.2. The first-order valence-electron chi connectivity index (χ1n) is 16.7. The molecule has 1 aliphatic heterocycles. The van der Waals surface area contributed by atoms with Crippen molar-refractivity contribution in [1.82, 2.24) is 19.6 Å². The van der Waals surface area contributed by atoms with Crippen LogP contribution in [0.2, 0.25) is 0 Å². The van der Waals surface area contributed by atoms with Gasteiger partial charge in [0.25, 0.3) is 11.8 Å². The summed E-state index contributed by atoms with van der Waals surface area (Å²) in [7, 11) is -1.62. The molecule has 278 valence electrons. The van der Waals surface area contributed by atoms with Crippen molar-refractivity contribution >= 4 is 34.2 Å². The number of carbonyl (C=O) groups is 2. The standard InChI is InChI=1S/C37H46N6O4S.3H2O/c1-5-7-17-41(18-8-6-2)37(46)33-19-26(4)43(39-33)34-16-15-30(40-48(47)35-21-29(38)14-13-25(35)3)22-32(34)36(45)42-23-28-12-10-9-11-27(28)20-31(42)24-44;;;/h9-16,19,21-22,31,40,44H,5-8,17-18,20,23-24,38H2,1-4H3;3*1H2/p+1/t31-,48?;;;/m0.../s1. The van der Waals surface area contributed by atoms with Crippen LogP contribution in [-0.2, 0) is 24.0 Å². The number of unbranched alkanes of at least 4 members (excludes halogenated alkanes) is 2. The molecule has 0 radical (unpaired) electrons. The van der Waals surface area contributed by atoms with E-state index in [1.165, 1.54) is 0 Å². The Bertz CT molecular complexity index is 1810. The van der Waals surface area contributed by atoms with Gasteiger partial charge in [0.15, 0.2) is 16.7 Å². The second kappa shape index (κ2) is 19.2. The van der Waals surface area contributed by atoms with Crippen molar-refractivity contribution in [3.63, 3.8) is 0 Å². The van der Waals surface area contributed by atoms with E-state index in [-0.39, 0.29) is 34.8 Å². The number of aliphatic hydroxyl groups excluding tert-OH is 1. The average Bonchev–Trinajstić information content (AvgIpc) is 3.49. The van der Waals surface area contributed by atoms with E-state index in [0.717, 1.165) is 48.1 Å². The Balaban J connectivity index is 0.00000300. The molecule has 2 amide bonds. The molecule has 3 aromatic carbocycles. The third kappa shape index (κ3) is 9.67. The van der Waals surface area contributed by atoms with Crippen molar-refractivity contribution in [2.45, 2.75) is 77.3 Å². The number of aliphatic hydroxyl groups is 1. The minimum absolute atomic E-state index is 0. The number of carbonyl (C=O) groups excluding carboxylic acids is 2. The van der Waals surface area contributed by atoms with Crippen molar-refractivity contribution in [2.75, 3.05) is 24.4 Å². The van der Waals surface area contributed by atoms with Gasteiger partial charge < -0.3 is 41.8 Å². The van der Waals surface area contributed by atoms with E-state index in [1.807, 2.05) is 55.1 Å². The lowest BCUT2D eigenvalue weighted by atomic mass is 9.93. The maximum Gasteiger partial charge on any atom is 0.274 e. The summed E-state index contributed by atoms with van der Waals surface area (Å²) in [5.41, 5.74) is 10.0. The van der Waals surface area contributed by atoms with Crippen LogP contribution >= 0.6 is 0 Å². The molecule has 51 heavy (non-hydrogen) atoms. The Morgan fingerprint density at radius 3 is 2.27 bits per heavy atom. The van der Waals surface area contributed by atoms with E-state index in [9.17, 15) is 18.9 Å². The summed E-state index contributed by atoms with van der Waals surface area (Å²) in [6.07, 6.45) is 4.31. The predicted molar refractivity (Wildman–Crippen MR) is 200 cm³/mol. The van der Waals surface area contributed by atoms with Crippen LogP contribution < -0.4 is 10.5 Å². The van der Waals surface area contributed by atoms with E-state index >= 15 is 0 Å². The van der Waals surface area contributed by atoms with Crippen molar-refractivity contribution in [2.24, 2.45) is 0 Å². The first kappa shape index (κ1) is 42.7. The molecule has 5 rings (SSSR count). The monoisotopic (exact) mass is 725 g/mol. The number of aryl methyl sites for hydroxylation is 2. The Labute approximate surface area is 302 Å². The first-order valence-corrected chi connectivity index (χ1v) is 17.9. The van der Waals surface area contributed by atoms with Gasteiger partial charge in [-0.25, -0.2) is 8.89 Å². The van der Waals surface area contributed by atoms with Crippen LogP contribution in [0, 0.1) is 13.8 Å². The van der Waals surface area contributed by atoms with Gasteiger partial charge in [0.1, 0.15) is 5.69 Å². The van der Waals surface area contributed by atoms with Gasteiger partial charge in [-0.05, 0) is 80.1 Å². The minimum Gasteiger partial charge on any atom is -0.412 e. The molecule has 0 saturated heterocycles. The molecule has 0 saturated carbocycles. The van der Waals surface area contributed by atoms with E-state index in [0.29, 0.717) is 59.3 Å². The lowest BCUT2D eigenvalue weighted by Gasteiger charge is -2.36. The second-order valence-electron chi connectivity index (χ2n) is 12.5. The number of benzene rings is 3. The highest BCUT2D eigenvalue weighted by Crippen LogP contribution is 2.30. The van der Waals surface area contributed by atoms with Crippen LogP contribution in [0.25, 0.3) is 5.69 Å². The van der Waals surface area contributed by atoms with Crippen molar-refractivity contribution in [1.29, 1.82) is 0 Å². The zero-order chi connectivity index (χ0) is 34.4. The van der Waals surface area contributed by atoms with E-state index < -0.39 is 17.0 Å². The third-order valence-electron chi connectivity index (χ3n) is 8.90. The fraction of sp³-hybridized carbons (Fsp3) is 0.378. The highest BCUT2D eigenvalue weighted by molar-refractivity contribution is 7.86. The summed E-state index contributed by atoms with van der Waals surface area (Å²) in [5, 5.41) is 15.1. The average molecular weight is 726 g/mol. The van der Waals surface area contributed by atoms with Gasteiger partial charge in [0.05, 0.1) is 28.8 Å². The highest BCUT2D eigenvalue weighted by atomic mass is 32.2. The molecule has 0 bridgehead atoms. The topological polar surface area (TPSA) is 230 Å². The van der Waals surface area contributed by atoms with Gasteiger partial charge >= 0.3 is 0 Å². The molecule has 2 heterocycles. The molecule has 0 spiro atoms. The van der Waals surface area contributed by atoms with Crippen molar-refractivity contribution in [3.05, 3.63) is 100 Å². The number of hydrogen-bond donors (Lipinski definition) is 3. The van der Waals surface area contributed by atoms with Gasteiger partial charge in [-0.1, -0.05) is 57.0 Å². The number of fused-ring (bicyclic) bond motifs is 1. The van der Waals surface area contributed by atoms with Crippen LogP contribution in [0.15, 0.2) is 71.6 Å². The number of anilines is 1. The summed E-state index contributed by atoms with van der Waals surface area (Å²) in [6.45, 7) is 9.44. The minimum atomic E-state index is -1.62. The zero-order valence-electron chi connectivity index (χ0n) is 29.9. The summed E-state index contributed by atoms with van der Waals surface area (Å²) < 4.78 is 18.2. The van der Waals surface area contributed by atoms with Gasteiger partial charge in [-0.15, -0.1) is 0 Å². The number of nitrogens with one attached hydrogen (secondary N) is 1. The normalized spacial score (nSPS) is 13.9. The Kier molecular flexibility index (Phi) is 16.1. The Morgan fingerprint density at radius 1 is 0.961 bits per heavy atom. The SMILES string of the molecule is CCCCN(CCCC)C(=O)c1cc(C)n(-c2ccc(NS(=O)c3cc([NH3+])ccc3C)cc2C(=O)N2Cc3ccccc3C[C@H]2CO)n1.O.O.O. The molecule has 1 unspecified atom stereocenters. The molecule has 13 nitrogen and oxygen atoms in total. The number of hydrogen-bond acceptors (Lipinski definition) is 5. The molecule has 2 atom stereocenters. The summed E-state index contributed by atoms with van der Waals surface area (Å²) >= 11 is 0.